The van der Waals surface area contributed by atoms with Gasteiger partial charge in [0.15, 0.2) is 0 Å². The minimum absolute atomic E-state index is 0.133. The molecule has 0 unspecified atom stereocenters. The molecular weight excluding hydrogens is 374 g/mol. The van der Waals surface area contributed by atoms with Gasteiger partial charge >= 0.3 is 0 Å². The highest BCUT2D eigenvalue weighted by atomic mass is 32.2. The lowest BCUT2D eigenvalue weighted by Crippen LogP contribution is -2.08. The minimum Gasteiger partial charge on any atom is -0.383 e. The van der Waals surface area contributed by atoms with Gasteiger partial charge in [0, 0.05) is 18.0 Å². The highest BCUT2D eigenvalue weighted by Gasteiger charge is 2.25. The first-order valence-electron chi connectivity index (χ1n) is 7.21. The molecule has 3 N–H and O–H groups in total. The molecule has 0 atom stereocenters. The van der Waals surface area contributed by atoms with Crippen molar-refractivity contribution >= 4 is 38.8 Å². The van der Waals surface area contributed by atoms with Crippen LogP contribution in [0.1, 0.15) is 4.88 Å². The summed E-state index contributed by atoms with van der Waals surface area (Å²) in [4.78, 5) is 4.92. The topological polar surface area (TPSA) is 96.9 Å². The van der Waals surface area contributed by atoms with Gasteiger partial charge in [0.1, 0.15) is 5.84 Å². The monoisotopic (exact) mass is 389 g/mol. The molecule has 0 bridgehead atoms. The molecule has 0 saturated carbocycles. The first-order valence-corrected chi connectivity index (χ1v) is 10.7. The molecular formula is C17H15N3O2S3. The Kier molecular flexibility index (Phi) is 4.94. The Bertz CT molecular complexity index is 1030. The van der Waals surface area contributed by atoms with E-state index in [2.05, 4.69) is 4.98 Å². The number of nitrogens with one attached hydrogen (secondary N) is 1. The number of nitrogens with zero attached hydrogens (tertiary/aromatic N) is 1. The van der Waals surface area contributed by atoms with Crippen LogP contribution in [0.15, 0.2) is 68.9 Å². The fraction of sp³-hybridized carbons (Fsp3) is 0.0588. The Balaban J connectivity index is 2.11. The molecule has 0 fully saturated rings. The molecule has 1 aromatic carbocycles. The fourth-order valence-corrected chi connectivity index (χ4v) is 6.23. The maximum absolute atomic E-state index is 13.1. The predicted molar refractivity (Wildman–Crippen MR) is 102 cm³/mol. The van der Waals surface area contributed by atoms with Crippen molar-refractivity contribution in [2.75, 3.05) is 6.26 Å². The van der Waals surface area contributed by atoms with Gasteiger partial charge in [0.2, 0.25) is 9.84 Å². The van der Waals surface area contributed by atoms with E-state index in [0.717, 1.165) is 11.1 Å². The maximum atomic E-state index is 13.1. The summed E-state index contributed by atoms with van der Waals surface area (Å²) >= 11 is 2.55. The van der Waals surface area contributed by atoms with Gasteiger partial charge in [0.25, 0.3) is 0 Å². The van der Waals surface area contributed by atoms with Gasteiger partial charge in [-0.05, 0) is 36.1 Å². The van der Waals surface area contributed by atoms with Crippen molar-refractivity contribution in [1.29, 1.82) is 5.41 Å². The molecule has 2 aromatic heterocycles. The number of amidine groups is 1. The van der Waals surface area contributed by atoms with Crippen LogP contribution < -0.4 is 5.73 Å². The summed E-state index contributed by atoms with van der Waals surface area (Å²) in [7, 11) is -3.71. The van der Waals surface area contributed by atoms with Crippen molar-refractivity contribution < 1.29 is 8.42 Å². The number of hydrogen-bond donors (Lipinski definition) is 2. The van der Waals surface area contributed by atoms with E-state index in [1.807, 2.05) is 12.1 Å². The predicted octanol–water partition coefficient (Wildman–Crippen LogP) is 3.65. The Morgan fingerprint density at radius 1 is 1.20 bits per heavy atom. The second kappa shape index (κ2) is 6.99. The van der Waals surface area contributed by atoms with E-state index < -0.39 is 9.84 Å². The van der Waals surface area contributed by atoms with Crippen molar-refractivity contribution in [3.8, 4) is 11.1 Å². The molecule has 25 heavy (non-hydrogen) atoms. The van der Waals surface area contributed by atoms with Gasteiger partial charge in [-0.3, -0.25) is 10.4 Å². The molecule has 128 valence electrons. The van der Waals surface area contributed by atoms with Crippen molar-refractivity contribution in [3.05, 3.63) is 59.7 Å². The van der Waals surface area contributed by atoms with Gasteiger partial charge in [0.05, 0.1) is 18.9 Å². The number of hydrogen-bond acceptors (Lipinski definition) is 6. The van der Waals surface area contributed by atoms with E-state index in [0.29, 0.717) is 9.09 Å². The van der Waals surface area contributed by atoms with Crippen LogP contribution >= 0.6 is 23.1 Å². The number of thioether (sulfide) groups is 1. The van der Waals surface area contributed by atoms with Crippen LogP contribution in [-0.2, 0) is 9.84 Å². The van der Waals surface area contributed by atoms with Crippen LogP contribution in [0, 0.1) is 5.41 Å². The van der Waals surface area contributed by atoms with Crippen LogP contribution in [0.3, 0.4) is 0 Å². The van der Waals surface area contributed by atoms with E-state index in [4.69, 9.17) is 11.1 Å². The van der Waals surface area contributed by atoms with E-state index in [9.17, 15) is 8.42 Å². The van der Waals surface area contributed by atoms with Crippen molar-refractivity contribution in [1.82, 2.24) is 4.98 Å². The molecule has 0 aliphatic rings. The average Bonchev–Trinajstić information content (AvgIpc) is 3.08. The van der Waals surface area contributed by atoms with Crippen molar-refractivity contribution in [2.24, 2.45) is 5.73 Å². The van der Waals surface area contributed by atoms with Crippen LogP contribution in [0.25, 0.3) is 11.1 Å². The highest BCUT2D eigenvalue weighted by molar-refractivity contribution is 8.01. The largest absolute Gasteiger partial charge is 0.383 e. The summed E-state index contributed by atoms with van der Waals surface area (Å²) < 4.78 is 26.8. The molecule has 0 radical (unpaired) electrons. The second-order valence-corrected chi connectivity index (χ2v) is 9.20. The van der Waals surface area contributed by atoms with Crippen LogP contribution in [0.4, 0.5) is 0 Å². The average molecular weight is 390 g/mol. The SMILES string of the molecule is CSc1sc(C(=N)N)cc1S(=O)(=O)c1cccc(-c2cccnc2)c1. The standard InChI is InChI=1S/C17H15N3O2S3/c1-23-17-15(9-14(24-17)16(18)19)25(21,22)13-6-2-4-11(8-13)12-5-3-7-20-10-12/h2-10H,1H3,(H3,18,19). The minimum atomic E-state index is -3.71. The highest BCUT2D eigenvalue weighted by Crippen LogP contribution is 2.37. The zero-order chi connectivity index (χ0) is 18.0. The quantitative estimate of drug-likeness (QED) is 0.394. The smallest absolute Gasteiger partial charge is 0.208 e. The molecule has 8 heteroatoms. The van der Waals surface area contributed by atoms with Gasteiger partial charge in [-0.2, -0.15) is 0 Å². The van der Waals surface area contributed by atoms with Gasteiger partial charge in [-0.15, -0.1) is 23.1 Å². The molecule has 2 heterocycles. The van der Waals surface area contributed by atoms with Crippen molar-refractivity contribution in [2.45, 2.75) is 14.0 Å². The first-order chi connectivity index (χ1) is 11.9. The Morgan fingerprint density at radius 3 is 2.60 bits per heavy atom. The fourth-order valence-electron chi connectivity index (χ4n) is 2.32. The zero-order valence-corrected chi connectivity index (χ0v) is 15.7. The summed E-state index contributed by atoms with van der Waals surface area (Å²) in [6.07, 6.45) is 5.17. The number of pyridine rings is 1. The van der Waals surface area contributed by atoms with Crippen molar-refractivity contribution in [3.63, 3.8) is 0 Å². The third kappa shape index (κ3) is 3.46. The molecule has 0 amide bonds. The number of benzene rings is 1. The summed E-state index contributed by atoms with van der Waals surface area (Å²) in [5.41, 5.74) is 7.14. The third-order valence-electron chi connectivity index (χ3n) is 3.55. The van der Waals surface area contributed by atoms with Crippen LogP contribution in [0.5, 0.6) is 0 Å². The van der Waals surface area contributed by atoms with Gasteiger partial charge in [-0.1, -0.05) is 18.2 Å². The van der Waals surface area contributed by atoms with Crippen LogP contribution in [-0.4, -0.2) is 25.5 Å². The normalized spacial score (nSPS) is 11.4. The lowest BCUT2D eigenvalue weighted by molar-refractivity contribution is 0.595. The molecule has 0 spiro atoms. The van der Waals surface area contributed by atoms with E-state index in [-0.39, 0.29) is 15.6 Å². The summed E-state index contributed by atoms with van der Waals surface area (Å²) in [6, 6.07) is 11.9. The number of rotatable bonds is 5. The van der Waals surface area contributed by atoms with Gasteiger partial charge < -0.3 is 5.73 Å². The Labute approximate surface area is 154 Å². The molecule has 3 aromatic rings. The van der Waals surface area contributed by atoms with Crippen LogP contribution in [0.2, 0.25) is 0 Å². The number of sulfone groups is 1. The number of aromatic nitrogens is 1. The second-order valence-electron chi connectivity index (χ2n) is 5.15. The Morgan fingerprint density at radius 2 is 1.96 bits per heavy atom. The number of nitrogen functional groups attached to an aromatic ring is 1. The van der Waals surface area contributed by atoms with E-state index in [1.165, 1.54) is 29.2 Å². The Hall–Kier alpha value is -2.16. The molecule has 3 rings (SSSR count). The lowest BCUT2D eigenvalue weighted by Gasteiger charge is -2.07. The van der Waals surface area contributed by atoms with Gasteiger partial charge in [-0.25, -0.2) is 8.42 Å². The summed E-state index contributed by atoms with van der Waals surface area (Å²) in [6.45, 7) is 0. The summed E-state index contributed by atoms with van der Waals surface area (Å²) in [5.74, 6) is -0.133. The first kappa shape index (κ1) is 17.7. The number of nitrogens with two attached hydrogens (primary N) is 1. The zero-order valence-electron chi connectivity index (χ0n) is 13.3. The third-order valence-corrected chi connectivity index (χ3v) is 7.88. The number of thiophene rings is 1. The molecule has 0 aliphatic heterocycles. The van der Waals surface area contributed by atoms with E-state index >= 15 is 0 Å². The lowest BCUT2D eigenvalue weighted by atomic mass is 10.1. The van der Waals surface area contributed by atoms with E-state index in [1.54, 1.807) is 42.9 Å². The molecule has 0 aliphatic carbocycles. The molecule has 0 saturated heterocycles. The summed E-state index contributed by atoms with van der Waals surface area (Å²) in [5, 5.41) is 7.55. The molecule has 5 nitrogen and oxygen atoms in total. The maximum Gasteiger partial charge on any atom is 0.208 e.